The number of hydrogen-bond donors (Lipinski definition) is 2. The van der Waals surface area contributed by atoms with Crippen LogP contribution >= 0.6 is 24.0 Å². The van der Waals surface area contributed by atoms with Crippen molar-refractivity contribution < 1.29 is 14.3 Å². The van der Waals surface area contributed by atoms with Crippen LogP contribution in [-0.4, -0.2) is 19.0 Å². The number of aryl methyl sites for hydroxylation is 1. The highest BCUT2D eigenvalue weighted by Gasteiger charge is 2.10. The fourth-order valence-corrected chi connectivity index (χ4v) is 4.75. The Morgan fingerprint density at radius 3 is 2.66 bits per heavy atom. The minimum atomic E-state index is -0.485. The van der Waals surface area contributed by atoms with Crippen LogP contribution in [0.4, 0.5) is 10.5 Å². The Kier molecular flexibility index (Phi) is 5.92. The molecule has 0 aliphatic rings. The van der Waals surface area contributed by atoms with E-state index in [0.717, 1.165) is 23.5 Å². The van der Waals surface area contributed by atoms with Crippen LogP contribution in [0.2, 0.25) is 0 Å². The van der Waals surface area contributed by atoms with E-state index in [4.69, 9.17) is 9.47 Å². The molecule has 1 aromatic heterocycles. The molecule has 0 fully saturated rings. The Bertz CT molecular complexity index is 1150. The first-order chi connectivity index (χ1) is 14.2. The van der Waals surface area contributed by atoms with Crippen molar-refractivity contribution >= 4 is 55.9 Å². The van der Waals surface area contributed by atoms with E-state index in [0.29, 0.717) is 5.69 Å². The van der Waals surface area contributed by atoms with E-state index in [1.165, 1.54) is 25.7 Å². The molecule has 148 valence electrons. The van der Waals surface area contributed by atoms with Crippen molar-refractivity contribution in [3.63, 3.8) is 0 Å². The molecule has 0 atom stereocenters. The van der Waals surface area contributed by atoms with Gasteiger partial charge in [0.2, 0.25) is 0 Å². The van der Waals surface area contributed by atoms with Gasteiger partial charge in [0.1, 0.15) is 12.4 Å². The topological polar surface area (TPSA) is 47.6 Å². The number of thiophene rings is 1. The molecular formula is C23H21NO3S2. The number of hydrogen-bond acceptors (Lipinski definition) is 5. The number of ether oxygens (including phenoxy) is 2. The smallest absolute Gasteiger partial charge is 0.411 e. The van der Waals surface area contributed by atoms with Gasteiger partial charge in [0.25, 0.3) is 0 Å². The van der Waals surface area contributed by atoms with Crippen molar-refractivity contribution in [2.24, 2.45) is 0 Å². The fraction of sp³-hybridized carbons (Fsp3) is 0.174. The molecule has 0 saturated heterocycles. The molecule has 0 aliphatic carbocycles. The fourth-order valence-electron chi connectivity index (χ4n) is 3.29. The highest BCUT2D eigenvalue weighted by Crippen LogP contribution is 2.36. The van der Waals surface area contributed by atoms with Crippen molar-refractivity contribution in [2.75, 3.05) is 18.2 Å². The maximum atomic E-state index is 12.1. The molecule has 0 unspecified atom stereocenters. The summed E-state index contributed by atoms with van der Waals surface area (Å²) in [5, 5.41) is 5.17. The van der Waals surface area contributed by atoms with Crippen molar-refractivity contribution in [1.82, 2.24) is 0 Å². The molecule has 29 heavy (non-hydrogen) atoms. The molecular weight excluding hydrogens is 402 g/mol. The van der Waals surface area contributed by atoms with Crippen LogP contribution in [0.15, 0.2) is 60.7 Å². The lowest BCUT2D eigenvalue weighted by molar-refractivity contribution is 0.155. The van der Waals surface area contributed by atoms with Gasteiger partial charge in [0, 0.05) is 25.9 Å². The molecule has 4 aromatic rings. The number of fused-ring (bicyclic) bond motifs is 3. The number of anilines is 1. The summed E-state index contributed by atoms with van der Waals surface area (Å²) in [5.74, 6) is 1.56. The molecule has 1 N–H and O–H groups in total. The number of thiol groups is 1. The number of amides is 1. The quantitative estimate of drug-likeness (QED) is 0.359. The molecule has 4 nitrogen and oxygen atoms in total. The maximum Gasteiger partial charge on any atom is 0.411 e. The van der Waals surface area contributed by atoms with Crippen LogP contribution in [0.5, 0.6) is 5.75 Å². The normalized spacial score (nSPS) is 11.0. The van der Waals surface area contributed by atoms with Crippen molar-refractivity contribution in [3.8, 4) is 5.75 Å². The number of nitrogens with one attached hydrogen (secondary N) is 1. The second kappa shape index (κ2) is 8.76. The minimum absolute atomic E-state index is 0.214. The molecule has 4 rings (SSSR count). The highest BCUT2D eigenvalue weighted by molar-refractivity contribution is 7.80. The van der Waals surface area contributed by atoms with Crippen molar-refractivity contribution in [1.29, 1.82) is 0 Å². The summed E-state index contributed by atoms with van der Waals surface area (Å²) in [6.45, 7) is 0.214. The molecule has 1 heterocycles. The summed E-state index contributed by atoms with van der Waals surface area (Å²) in [4.78, 5) is 12.1. The van der Waals surface area contributed by atoms with Crippen molar-refractivity contribution in [3.05, 3.63) is 71.8 Å². The Labute approximate surface area is 178 Å². The monoisotopic (exact) mass is 423 g/mol. The zero-order chi connectivity index (χ0) is 20.2. The standard InChI is InChI=1S/C23H21NO3S2/c1-26-18-8-6-17(7-9-18)24-23(25)27-14-15-5-10-21-20(13-15)19-4-2-3-16(11-12-28)22(19)29-21/h2-10,13,28H,11-12,14H2,1H3,(H,24,25). The molecule has 1 amide bonds. The zero-order valence-electron chi connectivity index (χ0n) is 16.0. The van der Waals surface area contributed by atoms with E-state index in [2.05, 4.69) is 48.3 Å². The van der Waals surface area contributed by atoms with E-state index < -0.39 is 6.09 Å². The largest absolute Gasteiger partial charge is 0.497 e. The van der Waals surface area contributed by atoms with Gasteiger partial charge < -0.3 is 9.47 Å². The van der Waals surface area contributed by atoms with Gasteiger partial charge in [-0.05, 0) is 59.7 Å². The van der Waals surface area contributed by atoms with Crippen molar-refractivity contribution in [2.45, 2.75) is 13.0 Å². The number of carbonyl (C=O) groups excluding carboxylic acids is 1. The van der Waals surface area contributed by atoms with Gasteiger partial charge in [-0.15, -0.1) is 11.3 Å². The Balaban J connectivity index is 1.48. The maximum absolute atomic E-state index is 12.1. The second-order valence-electron chi connectivity index (χ2n) is 6.63. The van der Waals surface area contributed by atoms with Gasteiger partial charge in [-0.25, -0.2) is 4.79 Å². The second-order valence-corrected chi connectivity index (χ2v) is 8.13. The summed E-state index contributed by atoms with van der Waals surface area (Å²) in [6.07, 6.45) is 0.468. The first kappa shape index (κ1) is 19.6. The lowest BCUT2D eigenvalue weighted by atomic mass is 10.1. The molecule has 6 heteroatoms. The predicted octanol–water partition coefficient (Wildman–Crippen LogP) is 6.28. The first-order valence-electron chi connectivity index (χ1n) is 9.29. The number of rotatable bonds is 6. The van der Waals surface area contributed by atoms with Crippen LogP contribution in [0.25, 0.3) is 20.2 Å². The summed E-state index contributed by atoms with van der Waals surface area (Å²) in [5.41, 5.74) is 2.95. The molecule has 0 radical (unpaired) electrons. The summed E-state index contributed by atoms with van der Waals surface area (Å²) < 4.78 is 13.1. The van der Waals surface area contributed by atoms with Crippen LogP contribution in [-0.2, 0) is 17.8 Å². The van der Waals surface area contributed by atoms with Gasteiger partial charge in [0.05, 0.1) is 7.11 Å². The summed E-state index contributed by atoms with van der Waals surface area (Å²) in [7, 11) is 1.60. The van der Waals surface area contributed by atoms with Gasteiger partial charge in [0.15, 0.2) is 0 Å². The highest BCUT2D eigenvalue weighted by atomic mass is 32.1. The summed E-state index contributed by atoms with van der Waals surface area (Å²) in [6, 6.07) is 19.7. The van der Waals surface area contributed by atoms with Crippen LogP contribution < -0.4 is 10.1 Å². The average molecular weight is 424 g/mol. The van der Waals surface area contributed by atoms with Gasteiger partial charge in [-0.1, -0.05) is 24.3 Å². The Morgan fingerprint density at radius 1 is 1.07 bits per heavy atom. The van der Waals surface area contributed by atoms with E-state index in [9.17, 15) is 4.79 Å². The Hall–Kier alpha value is -2.70. The molecule has 0 spiro atoms. The molecule has 0 saturated carbocycles. The molecule has 0 aliphatic heterocycles. The number of methoxy groups -OCH3 is 1. The minimum Gasteiger partial charge on any atom is -0.497 e. The van der Waals surface area contributed by atoms with Crippen LogP contribution in [0, 0.1) is 0 Å². The van der Waals surface area contributed by atoms with E-state index in [1.54, 1.807) is 42.7 Å². The van der Waals surface area contributed by atoms with Crippen LogP contribution in [0.1, 0.15) is 11.1 Å². The van der Waals surface area contributed by atoms with Gasteiger partial charge in [-0.2, -0.15) is 12.6 Å². The number of carbonyl (C=O) groups is 1. The zero-order valence-corrected chi connectivity index (χ0v) is 17.7. The lowest BCUT2D eigenvalue weighted by Crippen LogP contribution is -2.13. The van der Waals surface area contributed by atoms with Gasteiger partial charge in [-0.3, -0.25) is 5.32 Å². The molecule has 0 bridgehead atoms. The third-order valence-corrected chi connectivity index (χ3v) is 6.22. The van der Waals surface area contributed by atoms with E-state index >= 15 is 0 Å². The predicted molar refractivity (Wildman–Crippen MR) is 124 cm³/mol. The van der Waals surface area contributed by atoms with E-state index in [-0.39, 0.29) is 6.61 Å². The molecule has 3 aromatic carbocycles. The van der Waals surface area contributed by atoms with Crippen LogP contribution in [0.3, 0.4) is 0 Å². The number of benzene rings is 3. The Morgan fingerprint density at radius 2 is 1.90 bits per heavy atom. The third-order valence-electron chi connectivity index (χ3n) is 4.73. The third kappa shape index (κ3) is 4.33. The lowest BCUT2D eigenvalue weighted by Gasteiger charge is -2.08. The van der Waals surface area contributed by atoms with E-state index in [1.807, 2.05) is 6.07 Å². The first-order valence-corrected chi connectivity index (χ1v) is 10.7. The van der Waals surface area contributed by atoms with Gasteiger partial charge >= 0.3 is 6.09 Å². The summed E-state index contributed by atoms with van der Waals surface area (Å²) >= 11 is 6.17. The SMILES string of the molecule is COc1ccc(NC(=O)OCc2ccc3sc4c(CCS)cccc4c3c2)cc1. The average Bonchev–Trinajstić information content (AvgIpc) is 3.12.